The summed E-state index contributed by atoms with van der Waals surface area (Å²) in [5.74, 6) is 0.606. The van der Waals surface area contributed by atoms with Crippen LogP contribution in [-0.4, -0.2) is 42.7 Å². The average Bonchev–Trinajstić information content (AvgIpc) is 2.43. The van der Waals surface area contributed by atoms with E-state index in [2.05, 4.69) is 0 Å². The first kappa shape index (κ1) is 14.7. The molecule has 2 atom stereocenters. The molecule has 2 N–H and O–H groups in total. The van der Waals surface area contributed by atoms with Crippen LogP contribution in [0.4, 0.5) is 5.69 Å². The maximum absolute atomic E-state index is 12.6. The van der Waals surface area contributed by atoms with Gasteiger partial charge in [-0.1, -0.05) is 0 Å². The van der Waals surface area contributed by atoms with E-state index in [4.69, 9.17) is 15.2 Å². The highest BCUT2D eigenvalue weighted by atomic mass is 16.5. The van der Waals surface area contributed by atoms with Crippen molar-refractivity contribution in [2.24, 2.45) is 0 Å². The Bertz CT molecular complexity index is 490. The van der Waals surface area contributed by atoms with Crippen molar-refractivity contribution in [3.63, 3.8) is 0 Å². The molecule has 2 rings (SSSR count). The summed E-state index contributed by atoms with van der Waals surface area (Å²) in [5, 5.41) is 0. The number of nitrogen functional groups attached to an aromatic ring is 1. The molecule has 0 aliphatic carbocycles. The minimum Gasteiger partial charge on any atom is -0.492 e. The van der Waals surface area contributed by atoms with Crippen molar-refractivity contribution in [2.45, 2.75) is 32.9 Å². The summed E-state index contributed by atoms with van der Waals surface area (Å²) in [6.07, 6.45) is 0.0650. The van der Waals surface area contributed by atoms with Gasteiger partial charge in [0.15, 0.2) is 0 Å². The first-order valence-electron chi connectivity index (χ1n) is 6.97. The second-order valence-electron chi connectivity index (χ2n) is 5.14. The first-order chi connectivity index (χ1) is 9.52. The fourth-order valence-electron chi connectivity index (χ4n) is 2.32. The van der Waals surface area contributed by atoms with E-state index in [-0.39, 0.29) is 18.1 Å². The van der Waals surface area contributed by atoms with Crippen molar-refractivity contribution < 1.29 is 14.3 Å². The Morgan fingerprint density at radius 1 is 1.50 bits per heavy atom. The minimum absolute atomic E-state index is 0.0117. The van der Waals surface area contributed by atoms with Crippen LogP contribution in [0.2, 0.25) is 0 Å². The Hall–Kier alpha value is -1.75. The normalized spacial score (nSPS) is 22.6. The van der Waals surface area contributed by atoms with Crippen molar-refractivity contribution in [3.8, 4) is 5.75 Å². The van der Waals surface area contributed by atoms with Crippen molar-refractivity contribution in [1.29, 1.82) is 0 Å². The average molecular weight is 278 g/mol. The highest BCUT2D eigenvalue weighted by Gasteiger charge is 2.28. The predicted molar refractivity (Wildman–Crippen MR) is 77.9 cm³/mol. The summed E-state index contributed by atoms with van der Waals surface area (Å²) < 4.78 is 10.9. The molecular weight excluding hydrogens is 256 g/mol. The van der Waals surface area contributed by atoms with E-state index in [1.165, 1.54) is 0 Å². The fourth-order valence-corrected chi connectivity index (χ4v) is 2.32. The Labute approximate surface area is 119 Å². The van der Waals surface area contributed by atoms with E-state index in [9.17, 15) is 4.79 Å². The monoisotopic (exact) mass is 278 g/mol. The van der Waals surface area contributed by atoms with E-state index in [1.54, 1.807) is 18.2 Å². The van der Waals surface area contributed by atoms with Crippen LogP contribution < -0.4 is 10.5 Å². The molecule has 1 aromatic rings. The van der Waals surface area contributed by atoms with Gasteiger partial charge in [-0.05, 0) is 39.0 Å². The number of hydrogen-bond acceptors (Lipinski definition) is 4. The summed E-state index contributed by atoms with van der Waals surface area (Å²) >= 11 is 0. The molecule has 1 fully saturated rings. The highest BCUT2D eigenvalue weighted by Crippen LogP contribution is 2.24. The van der Waals surface area contributed by atoms with Gasteiger partial charge in [-0.3, -0.25) is 4.79 Å². The van der Waals surface area contributed by atoms with E-state index in [1.807, 2.05) is 25.7 Å². The summed E-state index contributed by atoms with van der Waals surface area (Å²) in [7, 11) is 0. The molecule has 2 unspecified atom stereocenters. The molecule has 0 saturated carbocycles. The van der Waals surface area contributed by atoms with Crippen LogP contribution in [0.25, 0.3) is 0 Å². The van der Waals surface area contributed by atoms with Gasteiger partial charge in [-0.15, -0.1) is 0 Å². The first-order valence-corrected chi connectivity index (χ1v) is 6.97. The molecule has 0 spiro atoms. The molecule has 5 heteroatoms. The highest BCUT2D eigenvalue weighted by molar-refractivity contribution is 5.95. The number of nitrogens with zero attached hydrogens (tertiary/aromatic N) is 1. The van der Waals surface area contributed by atoms with Crippen LogP contribution in [-0.2, 0) is 4.74 Å². The van der Waals surface area contributed by atoms with Gasteiger partial charge in [0.1, 0.15) is 5.75 Å². The topological polar surface area (TPSA) is 64.8 Å². The molecule has 1 amide bonds. The molecule has 0 bridgehead atoms. The number of carbonyl (C=O) groups is 1. The lowest BCUT2D eigenvalue weighted by atomic mass is 10.1. The van der Waals surface area contributed by atoms with E-state index >= 15 is 0 Å². The van der Waals surface area contributed by atoms with Crippen molar-refractivity contribution >= 4 is 11.6 Å². The van der Waals surface area contributed by atoms with E-state index in [0.717, 1.165) is 0 Å². The molecule has 1 aromatic carbocycles. The van der Waals surface area contributed by atoms with E-state index in [0.29, 0.717) is 36.8 Å². The maximum atomic E-state index is 12.6. The van der Waals surface area contributed by atoms with Crippen LogP contribution >= 0.6 is 0 Å². The zero-order valence-corrected chi connectivity index (χ0v) is 12.3. The number of carbonyl (C=O) groups excluding carboxylic acids is 1. The molecule has 110 valence electrons. The number of hydrogen-bond donors (Lipinski definition) is 1. The Balaban J connectivity index is 2.18. The fraction of sp³-hybridized carbons (Fsp3) is 0.533. The standard InChI is InChI=1S/C15H22N2O3/c1-4-19-14-6-5-12(7-13(14)16)15(18)17-8-11(3)20-9-10(17)2/h5-7,10-11H,4,8-9,16H2,1-3H3. The molecule has 20 heavy (non-hydrogen) atoms. The van der Waals surface area contributed by atoms with Gasteiger partial charge >= 0.3 is 0 Å². The SMILES string of the molecule is CCOc1ccc(C(=O)N2CC(C)OCC2C)cc1N. The molecule has 1 aliphatic heterocycles. The minimum atomic E-state index is -0.0117. The summed E-state index contributed by atoms with van der Waals surface area (Å²) in [4.78, 5) is 14.4. The zero-order valence-electron chi connectivity index (χ0n) is 12.3. The summed E-state index contributed by atoms with van der Waals surface area (Å²) in [5.41, 5.74) is 7.00. The number of nitrogens with two attached hydrogens (primary N) is 1. The lowest BCUT2D eigenvalue weighted by Crippen LogP contribution is -2.50. The van der Waals surface area contributed by atoms with Crippen LogP contribution in [0.15, 0.2) is 18.2 Å². The smallest absolute Gasteiger partial charge is 0.254 e. The van der Waals surface area contributed by atoms with Gasteiger partial charge in [-0.25, -0.2) is 0 Å². The zero-order chi connectivity index (χ0) is 14.7. The Morgan fingerprint density at radius 3 is 2.90 bits per heavy atom. The second kappa shape index (κ2) is 6.13. The van der Waals surface area contributed by atoms with Crippen molar-refractivity contribution in [1.82, 2.24) is 4.90 Å². The van der Waals surface area contributed by atoms with Gasteiger partial charge in [0.25, 0.3) is 5.91 Å². The maximum Gasteiger partial charge on any atom is 0.254 e. The molecule has 1 saturated heterocycles. The van der Waals surface area contributed by atoms with Gasteiger partial charge < -0.3 is 20.1 Å². The Morgan fingerprint density at radius 2 is 2.25 bits per heavy atom. The number of benzene rings is 1. The third kappa shape index (κ3) is 3.04. The largest absolute Gasteiger partial charge is 0.492 e. The van der Waals surface area contributed by atoms with Crippen LogP contribution in [0.5, 0.6) is 5.75 Å². The Kier molecular flexibility index (Phi) is 4.49. The van der Waals surface area contributed by atoms with Gasteiger partial charge in [0.2, 0.25) is 0 Å². The quantitative estimate of drug-likeness (QED) is 0.858. The van der Waals surface area contributed by atoms with Gasteiger partial charge in [0.05, 0.1) is 31.0 Å². The molecule has 5 nitrogen and oxygen atoms in total. The van der Waals surface area contributed by atoms with Crippen LogP contribution in [0.3, 0.4) is 0 Å². The van der Waals surface area contributed by atoms with Gasteiger partial charge in [-0.2, -0.15) is 0 Å². The second-order valence-corrected chi connectivity index (χ2v) is 5.14. The molecule has 0 radical (unpaired) electrons. The lowest BCUT2D eigenvalue weighted by Gasteiger charge is -2.36. The van der Waals surface area contributed by atoms with Crippen LogP contribution in [0, 0.1) is 0 Å². The number of rotatable bonds is 3. The van der Waals surface area contributed by atoms with Crippen molar-refractivity contribution in [2.75, 3.05) is 25.5 Å². The molecular formula is C15H22N2O3. The third-order valence-corrected chi connectivity index (χ3v) is 3.43. The molecule has 0 aromatic heterocycles. The summed E-state index contributed by atoms with van der Waals surface area (Å²) in [6, 6.07) is 5.27. The predicted octanol–water partition coefficient (Wildman–Crippen LogP) is 1.92. The van der Waals surface area contributed by atoms with Gasteiger partial charge in [0, 0.05) is 12.1 Å². The summed E-state index contributed by atoms with van der Waals surface area (Å²) in [6.45, 7) is 7.58. The third-order valence-electron chi connectivity index (χ3n) is 3.43. The van der Waals surface area contributed by atoms with E-state index < -0.39 is 0 Å². The molecule has 1 heterocycles. The van der Waals surface area contributed by atoms with Crippen LogP contribution in [0.1, 0.15) is 31.1 Å². The molecule has 1 aliphatic rings. The number of morpholine rings is 1. The number of ether oxygens (including phenoxy) is 2. The lowest BCUT2D eigenvalue weighted by molar-refractivity contribution is -0.0387. The number of anilines is 1. The van der Waals surface area contributed by atoms with Crippen molar-refractivity contribution in [3.05, 3.63) is 23.8 Å². The number of amides is 1.